The lowest BCUT2D eigenvalue weighted by Gasteiger charge is -2.20. The van der Waals surface area contributed by atoms with Gasteiger partial charge in [-0.3, -0.25) is 14.4 Å². The summed E-state index contributed by atoms with van der Waals surface area (Å²) >= 11 is 0. The number of hydrogen-bond acceptors (Lipinski definition) is 4. The number of amides is 1. The maximum absolute atomic E-state index is 12.4. The number of hydrogen-bond donors (Lipinski definition) is 2. The minimum atomic E-state index is -0.557. The van der Waals surface area contributed by atoms with Crippen LogP contribution in [0, 0.1) is 5.92 Å². The second kappa shape index (κ2) is 6.31. The van der Waals surface area contributed by atoms with E-state index in [4.69, 9.17) is 4.74 Å². The molecule has 0 bridgehead atoms. The summed E-state index contributed by atoms with van der Waals surface area (Å²) in [7, 11) is 1.53. The minimum Gasteiger partial charge on any atom is -0.497 e. The van der Waals surface area contributed by atoms with Gasteiger partial charge >= 0.3 is 0 Å². The molecule has 1 aliphatic carbocycles. The van der Waals surface area contributed by atoms with Gasteiger partial charge in [-0.05, 0) is 30.5 Å². The van der Waals surface area contributed by atoms with E-state index in [1.54, 1.807) is 24.3 Å². The molecule has 1 aliphatic rings. The van der Waals surface area contributed by atoms with Crippen LogP contribution >= 0.6 is 0 Å². The van der Waals surface area contributed by atoms with Gasteiger partial charge in [-0.25, -0.2) is 0 Å². The van der Waals surface area contributed by atoms with Crippen molar-refractivity contribution in [2.45, 2.75) is 19.8 Å². The molecule has 6 heteroatoms. The Labute approximate surface area is 138 Å². The van der Waals surface area contributed by atoms with E-state index < -0.39 is 11.5 Å². The largest absolute Gasteiger partial charge is 0.497 e. The number of carbonyl (C=O) groups excluding carboxylic acids is 2. The summed E-state index contributed by atoms with van der Waals surface area (Å²) in [5.41, 5.74) is 0.997. The van der Waals surface area contributed by atoms with Gasteiger partial charge in [0.15, 0.2) is 5.78 Å². The second-order valence-electron chi connectivity index (χ2n) is 6.03. The van der Waals surface area contributed by atoms with Crippen LogP contribution in [-0.2, 0) is 6.42 Å². The molecule has 1 atom stereocenters. The normalized spacial score (nSPS) is 16.4. The highest BCUT2D eigenvalue weighted by atomic mass is 16.5. The minimum absolute atomic E-state index is 0.0459. The van der Waals surface area contributed by atoms with Gasteiger partial charge in [-0.2, -0.15) is 0 Å². The molecule has 6 nitrogen and oxygen atoms in total. The Morgan fingerprint density at radius 1 is 1.25 bits per heavy atom. The molecule has 0 spiro atoms. The van der Waals surface area contributed by atoms with Gasteiger partial charge in [0.25, 0.3) is 11.5 Å². The van der Waals surface area contributed by atoms with E-state index in [9.17, 15) is 14.4 Å². The molecule has 0 fully saturated rings. The number of aromatic nitrogens is 1. The standard InChI is InChI=1S/C18H18N2O4/c1-10-6-15-13(16(21)7-10)9-14(18(23)20-15)17(22)19-11-4-3-5-12(8-11)24-2/h3-5,8-10H,6-7H2,1-2H3,(H,19,22)(H,20,23)/t10-/m1/s1. The molecule has 0 unspecified atom stereocenters. The Morgan fingerprint density at radius 3 is 2.79 bits per heavy atom. The third kappa shape index (κ3) is 3.08. The summed E-state index contributed by atoms with van der Waals surface area (Å²) in [6, 6.07) is 8.23. The summed E-state index contributed by atoms with van der Waals surface area (Å²) < 4.78 is 5.10. The number of carbonyl (C=O) groups is 2. The van der Waals surface area contributed by atoms with Gasteiger partial charge in [-0.1, -0.05) is 13.0 Å². The Bertz CT molecular complexity index is 870. The fraction of sp³-hybridized carbons (Fsp3) is 0.278. The fourth-order valence-corrected chi connectivity index (χ4v) is 2.89. The third-order valence-corrected chi connectivity index (χ3v) is 4.08. The molecule has 0 aliphatic heterocycles. The molecule has 0 saturated heterocycles. The van der Waals surface area contributed by atoms with Crippen LogP contribution in [0.2, 0.25) is 0 Å². The highest BCUT2D eigenvalue weighted by Gasteiger charge is 2.25. The van der Waals surface area contributed by atoms with Crippen LogP contribution in [0.5, 0.6) is 5.75 Å². The Kier molecular flexibility index (Phi) is 4.20. The van der Waals surface area contributed by atoms with Crippen molar-refractivity contribution in [3.8, 4) is 5.75 Å². The molecule has 3 rings (SSSR count). The predicted molar refractivity (Wildman–Crippen MR) is 89.8 cm³/mol. The number of H-pyrrole nitrogens is 1. The van der Waals surface area contributed by atoms with Gasteiger partial charge in [0, 0.05) is 29.4 Å². The van der Waals surface area contributed by atoms with Crippen LogP contribution in [0.3, 0.4) is 0 Å². The van der Waals surface area contributed by atoms with Crippen LogP contribution in [0.15, 0.2) is 35.1 Å². The molecule has 2 aromatic rings. The number of Topliss-reactive ketones (excluding diaryl/α,β-unsaturated/α-hetero) is 1. The summed E-state index contributed by atoms with van der Waals surface area (Å²) in [6.07, 6.45) is 1.06. The zero-order chi connectivity index (χ0) is 17.3. The van der Waals surface area contributed by atoms with Crippen molar-refractivity contribution < 1.29 is 14.3 Å². The maximum atomic E-state index is 12.4. The molecule has 1 amide bonds. The Morgan fingerprint density at radius 2 is 2.04 bits per heavy atom. The number of nitrogens with one attached hydrogen (secondary N) is 2. The molecule has 0 radical (unpaired) electrons. The van der Waals surface area contributed by atoms with Crippen molar-refractivity contribution >= 4 is 17.4 Å². The molecule has 0 saturated carbocycles. The van der Waals surface area contributed by atoms with Crippen molar-refractivity contribution in [1.29, 1.82) is 0 Å². The summed E-state index contributed by atoms with van der Waals surface area (Å²) in [4.78, 5) is 39.5. The predicted octanol–water partition coefficient (Wildman–Crippen LogP) is 2.40. The lowest BCUT2D eigenvalue weighted by atomic mass is 9.86. The molecule has 2 N–H and O–H groups in total. The molecule has 124 valence electrons. The monoisotopic (exact) mass is 326 g/mol. The SMILES string of the molecule is COc1cccc(NC(=O)c2cc3c([nH]c2=O)C[C@@H](C)CC3=O)c1. The van der Waals surface area contributed by atoms with Crippen molar-refractivity contribution in [2.75, 3.05) is 12.4 Å². The summed E-state index contributed by atoms with van der Waals surface area (Å²) in [6.45, 7) is 1.96. The van der Waals surface area contributed by atoms with Gasteiger partial charge in [0.05, 0.1) is 7.11 Å². The summed E-state index contributed by atoms with van der Waals surface area (Å²) in [5.74, 6) is 0.183. The number of ketones is 1. The number of ether oxygens (including phenoxy) is 1. The highest BCUT2D eigenvalue weighted by molar-refractivity contribution is 6.06. The molecule has 1 heterocycles. The first-order valence-electron chi connectivity index (χ1n) is 7.72. The van der Waals surface area contributed by atoms with Crippen LogP contribution in [0.1, 0.15) is 39.8 Å². The highest BCUT2D eigenvalue weighted by Crippen LogP contribution is 2.24. The van der Waals surface area contributed by atoms with Crippen LogP contribution < -0.4 is 15.6 Å². The topological polar surface area (TPSA) is 88.3 Å². The van der Waals surface area contributed by atoms with E-state index in [1.807, 2.05) is 6.92 Å². The van der Waals surface area contributed by atoms with Crippen molar-refractivity contribution in [1.82, 2.24) is 4.98 Å². The number of aromatic amines is 1. The first-order chi connectivity index (χ1) is 11.5. The van der Waals surface area contributed by atoms with E-state index in [-0.39, 0.29) is 17.3 Å². The zero-order valence-electron chi connectivity index (χ0n) is 13.5. The molecule has 1 aromatic carbocycles. The van der Waals surface area contributed by atoms with Crippen LogP contribution in [0.4, 0.5) is 5.69 Å². The first kappa shape index (κ1) is 16.0. The number of benzene rings is 1. The van der Waals surface area contributed by atoms with Crippen molar-refractivity contribution in [3.05, 3.63) is 57.5 Å². The van der Waals surface area contributed by atoms with Crippen molar-refractivity contribution in [2.24, 2.45) is 5.92 Å². The molecule has 24 heavy (non-hydrogen) atoms. The van der Waals surface area contributed by atoms with E-state index in [2.05, 4.69) is 10.3 Å². The number of rotatable bonds is 3. The summed E-state index contributed by atoms with van der Waals surface area (Å²) in [5, 5.41) is 2.65. The van der Waals surface area contributed by atoms with E-state index >= 15 is 0 Å². The quantitative estimate of drug-likeness (QED) is 0.906. The Hall–Kier alpha value is -2.89. The molecular weight excluding hydrogens is 308 g/mol. The Balaban J connectivity index is 1.91. The van der Waals surface area contributed by atoms with E-state index in [0.29, 0.717) is 35.5 Å². The van der Waals surface area contributed by atoms with Gasteiger partial charge in [-0.15, -0.1) is 0 Å². The molecule has 1 aromatic heterocycles. The maximum Gasteiger partial charge on any atom is 0.261 e. The number of anilines is 1. The first-order valence-corrected chi connectivity index (χ1v) is 7.72. The van der Waals surface area contributed by atoms with Crippen LogP contribution in [-0.4, -0.2) is 23.8 Å². The van der Waals surface area contributed by atoms with E-state index in [1.165, 1.54) is 13.2 Å². The average molecular weight is 326 g/mol. The lowest BCUT2D eigenvalue weighted by Crippen LogP contribution is -2.29. The smallest absolute Gasteiger partial charge is 0.261 e. The van der Waals surface area contributed by atoms with Gasteiger partial charge < -0.3 is 15.0 Å². The van der Waals surface area contributed by atoms with Crippen molar-refractivity contribution in [3.63, 3.8) is 0 Å². The number of pyridine rings is 1. The number of fused-ring (bicyclic) bond motifs is 1. The van der Waals surface area contributed by atoms with Gasteiger partial charge in [0.2, 0.25) is 0 Å². The third-order valence-electron chi connectivity index (χ3n) is 4.08. The zero-order valence-corrected chi connectivity index (χ0v) is 13.5. The fourth-order valence-electron chi connectivity index (χ4n) is 2.89. The second-order valence-corrected chi connectivity index (χ2v) is 6.03. The van der Waals surface area contributed by atoms with Gasteiger partial charge in [0.1, 0.15) is 11.3 Å². The number of methoxy groups -OCH3 is 1. The molecular formula is C18H18N2O4. The average Bonchev–Trinajstić information content (AvgIpc) is 2.54. The lowest BCUT2D eigenvalue weighted by molar-refractivity contribution is 0.0952. The van der Waals surface area contributed by atoms with Crippen LogP contribution in [0.25, 0.3) is 0 Å². The van der Waals surface area contributed by atoms with E-state index in [0.717, 1.165) is 0 Å².